The van der Waals surface area contributed by atoms with Crippen LogP contribution in [0.2, 0.25) is 5.02 Å². The van der Waals surface area contributed by atoms with E-state index in [-0.39, 0.29) is 12.3 Å². The number of carbonyl (C=O) groups excluding carboxylic acids is 1. The van der Waals surface area contributed by atoms with Gasteiger partial charge in [-0.05, 0) is 66.1 Å². The summed E-state index contributed by atoms with van der Waals surface area (Å²) in [6.45, 7) is 0.313. The van der Waals surface area contributed by atoms with Gasteiger partial charge in [-0.1, -0.05) is 23.7 Å². The van der Waals surface area contributed by atoms with Crippen LogP contribution in [-0.2, 0) is 11.2 Å². The second-order valence-corrected chi connectivity index (χ2v) is 6.27. The van der Waals surface area contributed by atoms with Crippen molar-refractivity contribution in [2.24, 2.45) is 0 Å². The Morgan fingerprint density at radius 3 is 2.27 bits per heavy atom. The lowest BCUT2D eigenvalue weighted by molar-refractivity contribution is -0.116. The van der Waals surface area contributed by atoms with Crippen LogP contribution >= 0.6 is 11.6 Å². The maximum atomic E-state index is 12.0. The van der Waals surface area contributed by atoms with E-state index in [1.54, 1.807) is 36.7 Å². The minimum absolute atomic E-state index is 0.0825. The van der Waals surface area contributed by atoms with Gasteiger partial charge in [0.05, 0.1) is 13.0 Å². The van der Waals surface area contributed by atoms with E-state index in [4.69, 9.17) is 16.3 Å². The first-order valence-corrected chi connectivity index (χ1v) is 8.73. The van der Waals surface area contributed by atoms with Crippen LogP contribution in [0.25, 0.3) is 0 Å². The minimum atomic E-state index is -0.0825. The molecule has 0 radical (unpaired) electrons. The molecule has 1 N–H and O–H groups in total. The Balaban J connectivity index is 1.44. The van der Waals surface area contributed by atoms with E-state index in [9.17, 15) is 4.79 Å². The third-order valence-corrected chi connectivity index (χ3v) is 4.06. The molecule has 3 aromatic rings. The zero-order valence-corrected chi connectivity index (χ0v) is 14.9. The molecule has 4 nitrogen and oxygen atoms in total. The van der Waals surface area contributed by atoms with Gasteiger partial charge in [-0.15, -0.1) is 0 Å². The number of hydrogen-bond acceptors (Lipinski definition) is 3. The normalized spacial score (nSPS) is 10.3. The number of nitrogens with zero attached hydrogens (tertiary/aromatic N) is 1. The van der Waals surface area contributed by atoms with Crippen molar-refractivity contribution in [3.8, 4) is 5.75 Å². The van der Waals surface area contributed by atoms with Crippen molar-refractivity contribution < 1.29 is 9.53 Å². The Kier molecular flexibility index (Phi) is 6.23. The predicted octanol–water partition coefficient (Wildman–Crippen LogP) is 4.73. The SMILES string of the molecule is O=C(CCOc1ccc(Cl)cc1)Nc1ccc(Cc2ccncc2)cc1. The number of nitrogens with one attached hydrogen (secondary N) is 1. The lowest BCUT2D eigenvalue weighted by Crippen LogP contribution is -2.15. The Morgan fingerprint density at radius 1 is 0.923 bits per heavy atom. The van der Waals surface area contributed by atoms with Crippen LogP contribution in [0, 0.1) is 0 Å². The van der Waals surface area contributed by atoms with Crippen molar-refractivity contribution in [3.63, 3.8) is 0 Å². The Hall–Kier alpha value is -2.85. The second kappa shape index (κ2) is 9.02. The molecule has 0 aliphatic heterocycles. The van der Waals surface area contributed by atoms with E-state index in [1.807, 2.05) is 36.4 Å². The predicted molar refractivity (Wildman–Crippen MR) is 104 cm³/mol. The van der Waals surface area contributed by atoms with Gasteiger partial charge in [-0.25, -0.2) is 0 Å². The van der Waals surface area contributed by atoms with Gasteiger partial charge in [0, 0.05) is 23.1 Å². The van der Waals surface area contributed by atoms with E-state index >= 15 is 0 Å². The topological polar surface area (TPSA) is 51.2 Å². The largest absolute Gasteiger partial charge is 0.493 e. The summed E-state index contributed by atoms with van der Waals surface area (Å²) >= 11 is 5.82. The molecule has 3 rings (SSSR count). The standard InChI is InChI=1S/C21H19ClN2O2/c22-18-3-7-20(8-4-18)26-14-11-21(25)24-19-5-1-16(2-6-19)15-17-9-12-23-13-10-17/h1-10,12-13H,11,14-15H2,(H,24,25). The highest BCUT2D eigenvalue weighted by Crippen LogP contribution is 2.16. The molecule has 26 heavy (non-hydrogen) atoms. The second-order valence-electron chi connectivity index (χ2n) is 5.83. The van der Waals surface area contributed by atoms with Crippen molar-refractivity contribution in [3.05, 3.63) is 89.2 Å². The third kappa shape index (κ3) is 5.60. The van der Waals surface area contributed by atoms with Gasteiger partial charge in [0.15, 0.2) is 0 Å². The molecule has 0 saturated heterocycles. The quantitative estimate of drug-likeness (QED) is 0.657. The van der Waals surface area contributed by atoms with Crippen molar-refractivity contribution in [2.75, 3.05) is 11.9 Å². The number of hydrogen-bond donors (Lipinski definition) is 1. The molecule has 5 heteroatoms. The maximum absolute atomic E-state index is 12.0. The smallest absolute Gasteiger partial charge is 0.227 e. The average molecular weight is 367 g/mol. The molecule has 1 aromatic heterocycles. The van der Waals surface area contributed by atoms with Crippen molar-refractivity contribution in [1.29, 1.82) is 0 Å². The first-order valence-electron chi connectivity index (χ1n) is 8.35. The van der Waals surface area contributed by atoms with Gasteiger partial charge in [0.2, 0.25) is 5.91 Å². The van der Waals surface area contributed by atoms with Crippen LogP contribution in [0.15, 0.2) is 73.1 Å². The molecule has 0 fully saturated rings. The highest BCUT2D eigenvalue weighted by molar-refractivity contribution is 6.30. The summed E-state index contributed by atoms with van der Waals surface area (Å²) in [6, 6.07) is 18.9. The molecule has 2 aromatic carbocycles. The highest BCUT2D eigenvalue weighted by atomic mass is 35.5. The molecule has 0 aliphatic carbocycles. The molecule has 0 atom stereocenters. The van der Waals surface area contributed by atoms with Gasteiger partial charge < -0.3 is 10.1 Å². The lowest BCUT2D eigenvalue weighted by Gasteiger charge is -2.08. The third-order valence-electron chi connectivity index (χ3n) is 3.81. The molecule has 0 saturated carbocycles. The summed E-state index contributed by atoms with van der Waals surface area (Å²) in [6.07, 6.45) is 4.69. The van der Waals surface area contributed by atoms with Gasteiger partial charge in [0.1, 0.15) is 5.75 Å². The van der Waals surface area contributed by atoms with Gasteiger partial charge in [-0.3, -0.25) is 9.78 Å². The molecular formula is C21H19ClN2O2. The van der Waals surface area contributed by atoms with E-state index in [0.29, 0.717) is 17.4 Å². The van der Waals surface area contributed by atoms with Gasteiger partial charge in [0.25, 0.3) is 0 Å². The first-order chi connectivity index (χ1) is 12.7. The summed E-state index contributed by atoms with van der Waals surface area (Å²) in [5.41, 5.74) is 3.16. The van der Waals surface area contributed by atoms with Crippen LogP contribution in [-0.4, -0.2) is 17.5 Å². The number of ether oxygens (including phenoxy) is 1. The van der Waals surface area contributed by atoms with Crippen molar-refractivity contribution >= 4 is 23.2 Å². The van der Waals surface area contributed by atoms with Crippen LogP contribution in [0.3, 0.4) is 0 Å². The van der Waals surface area contributed by atoms with Crippen LogP contribution in [0.5, 0.6) is 5.75 Å². The Labute approximate surface area is 157 Å². The summed E-state index contributed by atoms with van der Waals surface area (Å²) in [5.74, 6) is 0.614. The number of halogens is 1. The Bertz CT molecular complexity index is 834. The summed E-state index contributed by atoms with van der Waals surface area (Å²) < 4.78 is 5.53. The molecule has 132 valence electrons. The van der Waals surface area contributed by atoms with Gasteiger partial charge in [-0.2, -0.15) is 0 Å². The van der Waals surface area contributed by atoms with E-state index in [0.717, 1.165) is 12.1 Å². The number of rotatable bonds is 7. The van der Waals surface area contributed by atoms with E-state index < -0.39 is 0 Å². The summed E-state index contributed by atoms with van der Waals surface area (Å²) in [4.78, 5) is 16.0. The van der Waals surface area contributed by atoms with Crippen LogP contribution in [0.4, 0.5) is 5.69 Å². The number of aromatic nitrogens is 1. The number of benzene rings is 2. The molecule has 0 spiro atoms. The number of amides is 1. The van der Waals surface area contributed by atoms with E-state index in [2.05, 4.69) is 10.3 Å². The van der Waals surface area contributed by atoms with Crippen molar-refractivity contribution in [1.82, 2.24) is 4.98 Å². The molecule has 1 heterocycles. The summed E-state index contributed by atoms with van der Waals surface area (Å²) in [5, 5.41) is 3.53. The lowest BCUT2D eigenvalue weighted by atomic mass is 10.1. The van der Waals surface area contributed by atoms with E-state index in [1.165, 1.54) is 11.1 Å². The molecular weight excluding hydrogens is 348 g/mol. The number of anilines is 1. The van der Waals surface area contributed by atoms with Crippen LogP contribution < -0.4 is 10.1 Å². The minimum Gasteiger partial charge on any atom is -0.493 e. The number of carbonyl (C=O) groups is 1. The maximum Gasteiger partial charge on any atom is 0.227 e. The monoisotopic (exact) mass is 366 g/mol. The van der Waals surface area contributed by atoms with Crippen molar-refractivity contribution in [2.45, 2.75) is 12.8 Å². The van der Waals surface area contributed by atoms with Crippen LogP contribution in [0.1, 0.15) is 17.5 Å². The molecule has 1 amide bonds. The molecule has 0 aliphatic rings. The fraction of sp³-hybridized carbons (Fsp3) is 0.143. The zero-order valence-electron chi connectivity index (χ0n) is 14.2. The highest BCUT2D eigenvalue weighted by Gasteiger charge is 2.04. The number of pyridine rings is 1. The fourth-order valence-corrected chi connectivity index (χ4v) is 2.58. The zero-order chi connectivity index (χ0) is 18.2. The molecule has 0 unspecified atom stereocenters. The average Bonchev–Trinajstić information content (AvgIpc) is 2.66. The Morgan fingerprint density at radius 2 is 1.58 bits per heavy atom. The van der Waals surface area contributed by atoms with Gasteiger partial charge >= 0.3 is 0 Å². The summed E-state index contributed by atoms with van der Waals surface area (Å²) in [7, 11) is 0. The molecule has 0 bridgehead atoms. The first kappa shape index (κ1) is 18.0. The fourth-order valence-electron chi connectivity index (χ4n) is 2.46.